The zero-order valence-corrected chi connectivity index (χ0v) is 20.1. The van der Waals surface area contributed by atoms with Crippen LogP contribution in [0.3, 0.4) is 0 Å². The van der Waals surface area contributed by atoms with Crippen LogP contribution in [0.2, 0.25) is 5.02 Å². The van der Waals surface area contributed by atoms with Gasteiger partial charge in [0.25, 0.3) is 0 Å². The van der Waals surface area contributed by atoms with Gasteiger partial charge in [0.2, 0.25) is 5.78 Å². The highest BCUT2D eigenvalue weighted by Gasteiger charge is 2.48. The number of benzene rings is 3. The number of nitrogens with one attached hydrogen (secondary N) is 1. The van der Waals surface area contributed by atoms with Crippen molar-refractivity contribution in [1.29, 1.82) is 0 Å². The Kier molecular flexibility index (Phi) is 5.27. The fraction of sp³-hybridized carbons (Fsp3) is 0.138. The molecule has 0 bridgehead atoms. The number of halogens is 1. The normalized spacial score (nSPS) is 18.5. The van der Waals surface area contributed by atoms with Gasteiger partial charge in [-0.1, -0.05) is 48.0 Å². The first-order valence-electron chi connectivity index (χ1n) is 11.6. The number of ether oxygens (including phenoxy) is 1. The number of hydrogen-bond acceptors (Lipinski definition) is 6. The molecule has 1 fully saturated rings. The van der Waals surface area contributed by atoms with Crippen molar-refractivity contribution in [3.63, 3.8) is 0 Å². The van der Waals surface area contributed by atoms with Crippen LogP contribution in [0.4, 0.5) is 0 Å². The Bertz CT molecular complexity index is 1500. The van der Waals surface area contributed by atoms with Gasteiger partial charge in [0.1, 0.15) is 11.6 Å². The summed E-state index contributed by atoms with van der Waals surface area (Å²) in [6, 6.07) is 20.8. The number of allylic oxidation sites excluding steroid dienone is 3. The summed E-state index contributed by atoms with van der Waals surface area (Å²) in [5.74, 6) is -0.221. The zero-order chi connectivity index (χ0) is 25.0. The molecule has 1 N–H and O–H groups in total. The van der Waals surface area contributed by atoms with E-state index in [0.29, 0.717) is 68.8 Å². The molecular weight excluding hydrogens is 476 g/mol. The van der Waals surface area contributed by atoms with Crippen molar-refractivity contribution >= 4 is 29.0 Å². The molecule has 0 spiro atoms. The maximum atomic E-state index is 14.1. The van der Waals surface area contributed by atoms with Crippen LogP contribution in [-0.2, 0) is 0 Å². The molecule has 1 aliphatic carbocycles. The molecule has 1 atom stereocenters. The van der Waals surface area contributed by atoms with Gasteiger partial charge in [-0.3, -0.25) is 14.4 Å². The molecule has 7 heteroatoms. The number of methoxy groups -OCH3 is 1. The maximum Gasteiger partial charge on any atom is 0.210 e. The lowest BCUT2D eigenvalue weighted by atomic mass is 9.72. The van der Waals surface area contributed by atoms with Crippen LogP contribution in [0.1, 0.15) is 42.6 Å². The van der Waals surface area contributed by atoms with Crippen LogP contribution in [0, 0.1) is 0 Å². The van der Waals surface area contributed by atoms with E-state index in [2.05, 4.69) is 5.32 Å². The van der Waals surface area contributed by atoms with Crippen molar-refractivity contribution in [3.8, 4) is 5.75 Å². The second-order valence-corrected chi connectivity index (χ2v) is 9.29. The number of carbonyl (C=O) groups is 3. The summed E-state index contributed by atoms with van der Waals surface area (Å²) in [6.07, 6.45) is 0. The molecule has 36 heavy (non-hydrogen) atoms. The number of rotatable bonds is 4. The Morgan fingerprint density at radius 3 is 2.28 bits per heavy atom. The largest absolute Gasteiger partial charge is 0.497 e. The van der Waals surface area contributed by atoms with E-state index in [1.54, 1.807) is 72.7 Å². The molecule has 0 amide bonds. The zero-order valence-electron chi connectivity index (χ0n) is 19.4. The van der Waals surface area contributed by atoms with Crippen molar-refractivity contribution in [2.24, 2.45) is 0 Å². The minimum absolute atomic E-state index is 0.212. The fourth-order valence-electron chi connectivity index (χ4n) is 5.28. The lowest BCUT2D eigenvalue weighted by Crippen LogP contribution is -2.40. The molecule has 3 aliphatic rings. The van der Waals surface area contributed by atoms with E-state index < -0.39 is 5.92 Å². The summed E-state index contributed by atoms with van der Waals surface area (Å²) in [5, 5.41) is 3.86. The van der Waals surface area contributed by atoms with Crippen molar-refractivity contribution < 1.29 is 19.1 Å². The van der Waals surface area contributed by atoms with Gasteiger partial charge in [-0.15, -0.1) is 0 Å². The number of nitrogens with zero attached hydrogens (tertiary/aromatic N) is 1. The summed E-state index contributed by atoms with van der Waals surface area (Å²) < 4.78 is 5.25. The smallest absolute Gasteiger partial charge is 0.210 e. The van der Waals surface area contributed by atoms with Crippen LogP contribution in [0.5, 0.6) is 5.75 Å². The van der Waals surface area contributed by atoms with E-state index in [-0.39, 0.29) is 17.3 Å². The molecule has 3 aromatic carbocycles. The van der Waals surface area contributed by atoms with Crippen molar-refractivity contribution in [2.75, 3.05) is 20.2 Å². The third-order valence-corrected chi connectivity index (χ3v) is 7.18. The maximum absolute atomic E-state index is 14.1. The first kappa shape index (κ1) is 22.3. The number of Topliss-reactive ketones (excluding diaryl/α,β-unsaturated/α-hetero) is 3. The van der Waals surface area contributed by atoms with Crippen molar-refractivity contribution in [2.45, 2.75) is 5.92 Å². The highest BCUT2D eigenvalue weighted by atomic mass is 35.5. The summed E-state index contributed by atoms with van der Waals surface area (Å²) in [7, 11) is 1.57. The molecule has 6 rings (SSSR count). The summed E-state index contributed by atoms with van der Waals surface area (Å²) in [6.45, 7) is 1.02. The number of ketones is 3. The Morgan fingerprint density at radius 2 is 1.61 bits per heavy atom. The SMILES string of the molecule is COc1ccc(C(=O)C2=C3NCCN3C3=C(C(=O)c4ccccc4C3=O)C2c2ccc(Cl)cc2)cc1. The summed E-state index contributed by atoms with van der Waals surface area (Å²) in [4.78, 5) is 43.6. The van der Waals surface area contributed by atoms with Crippen LogP contribution in [0.25, 0.3) is 0 Å². The van der Waals surface area contributed by atoms with Crippen molar-refractivity contribution in [1.82, 2.24) is 10.2 Å². The lowest BCUT2D eigenvalue weighted by molar-refractivity contribution is 0.0936. The third kappa shape index (κ3) is 3.29. The standard InChI is InChI=1S/C29H21ClN2O4/c1-36-19-12-8-17(9-13-19)26(33)24-22(16-6-10-18(30)11-7-16)23-25(32-15-14-31-29(24)32)28(35)21-5-3-2-4-20(21)27(23)34/h2-13,22,31H,14-15H2,1H3. The Labute approximate surface area is 212 Å². The molecule has 2 heterocycles. The van der Waals surface area contributed by atoms with Gasteiger partial charge < -0.3 is 15.0 Å². The molecule has 178 valence electrons. The van der Waals surface area contributed by atoms with E-state index in [0.717, 1.165) is 0 Å². The number of carbonyl (C=O) groups excluding carboxylic acids is 3. The van der Waals surface area contributed by atoms with Gasteiger partial charge in [-0.2, -0.15) is 0 Å². The Hall–Kier alpha value is -4.16. The number of hydrogen-bond donors (Lipinski definition) is 1. The first-order chi connectivity index (χ1) is 17.5. The lowest BCUT2D eigenvalue weighted by Gasteiger charge is -2.38. The molecule has 2 aliphatic heterocycles. The van der Waals surface area contributed by atoms with E-state index in [1.807, 2.05) is 12.1 Å². The highest BCUT2D eigenvalue weighted by Crippen LogP contribution is 2.47. The van der Waals surface area contributed by atoms with Gasteiger partial charge in [0.15, 0.2) is 11.6 Å². The van der Waals surface area contributed by atoms with Crippen molar-refractivity contribution in [3.05, 3.63) is 123 Å². The van der Waals surface area contributed by atoms with E-state index in [9.17, 15) is 14.4 Å². The predicted molar refractivity (Wildman–Crippen MR) is 135 cm³/mol. The van der Waals surface area contributed by atoms with Gasteiger partial charge in [-0.05, 0) is 42.0 Å². The molecule has 1 saturated heterocycles. The summed E-state index contributed by atoms with van der Waals surface area (Å²) in [5.41, 5.74) is 3.00. The second-order valence-electron chi connectivity index (χ2n) is 8.85. The Balaban J connectivity index is 1.60. The topological polar surface area (TPSA) is 75.7 Å². The molecule has 1 unspecified atom stereocenters. The van der Waals surface area contributed by atoms with E-state index in [4.69, 9.17) is 16.3 Å². The van der Waals surface area contributed by atoms with Crippen LogP contribution < -0.4 is 10.1 Å². The molecule has 0 aromatic heterocycles. The number of fused-ring (bicyclic) bond motifs is 3. The average molecular weight is 497 g/mol. The molecule has 0 radical (unpaired) electrons. The monoisotopic (exact) mass is 496 g/mol. The fourth-order valence-corrected chi connectivity index (χ4v) is 5.41. The molecule has 3 aromatic rings. The average Bonchev–Trinajstić information content (AvgIpc) is 3.40. The third-order valence-electron chi connectivity index (χ3n) is 6.93. The predicted octanol–water partition coefficient (Wildman–Crippen LogP) is 4.78. The molecule has 6 nitrogen and oxygen atoms in total. The van der Waals surface area contributed by atoms with Gasteiger partial charge in [0.05, 0.1) is 18.4 Å². The van der Waals surface area contributed by atoms with Crippen LogP contribution >= 0.6 is 11.6 Å². The van der Waals surface area contributed by atoms with E-state index >= 15 is 0 Å². The quantitative estimate of drug-likeness (QED) is 0.524. The molecular formula is C29H21ClN2O4. The second kappa shape index (κ2) is 8.50. The van der Waals surface area contributed by atoms with Gasteiger partial charge >= 0.3 is 0 Å². The van der Waals surface area contributed by atoms with Gasteiger partial charge in [-0.25, -0.2) is 0 Å². The van der Waals surface area contributed by atoms with Gasteiger partial charge in [0, 0.05) is 46.3 Å². The van der Waals surface area contributed by atoms with Crippen LogP contribution in [0.15, 0.2) is 95.5 Å². The summed E-state index contributed by atoms with van der Waals surface area (Å²) >= 11 is 6.17. The highest BCUT2D eigenvalue weighted by molar-refractivity contribution is 6.31. The minimum Gasteiger partial charge on any atom is -0.497 e. The van der Waals surface area contributed by atoms with E-state index in [1.165, 1.54) is 0 Å². The Morgan fingerprint density at radius 1 is 0.944 bits per heavy atom. The first-order valence-corrected chi connectivity index (χ1v) is 12.0. The molecule has 0 saturated carbocycles. The van der Waals surface area contributed by atoms with Crippen LogP contribution in [-0.4, -0.2) is 42.4 Å². The minimum atomic E-state index is -0.742.